The van der Waals surface area contributed by atoms with Gasteiger partial charge in [-0.2, -0.15) is 0 Å². The van der Waals surface area contributed by atoms with Gasteiger partial charge in [-0.3, -0.25) is 0 Å². The Morgan fingerprint density at radius 1 is 1.27 bits per heavy atom. The maximum absolute atomic E-state index is 5.66. The molecule has 1 aliphatic heterocycles. The minimum atomic E-state index is 0.436. The van der Waals surface area contributed by atoms with Crippen LogP contribution in [-0.4, -0.2) is 35.2 Å². The zero-order valence-electron chi connectivity index (χ0n) is 14.6. The molecular formula is C20H21N3OS2. The number of nitrogens with one attached hydrogen (secondary N) is 1. The first-order valence-corrected chi connectivity index (χ1v) is 10.0. The Morgan fingerprint density at radius 3 is 3.00 bits per heavy atom. The molecule has 1 fully saturated rings. The van der Waals surface area contributed by atoms with Crippen LogP contribution in [0.25, 0.3) is 10.2 Å². The molecule has 134 valence electrons. The van der Waals surface area contributed by atoms with Crippen molar-refractivity contribution in [3.8, 4) is 5.75 Å². The largest absolute Gasteiger partial charge is 0.497 e. The van der Waals surface area contributed by atoms with E-state index in [1.807, 2.05) is 41.7 Å². The Balaban J connectivity index is 1.46. The molecule has 2 aromatic carbocycles. The molecule has 26 heavy (non-hydrogen) atoms. The van der Waals surface area contributed by atoms with Gasteiger partial charge >= 0.3 is 0 Å². The zero-order valence-corrected chi connectivity index (χ0v) is 16.3. The van der Waals surface area contributed by atoms with Crippen LogP contribution in [0.5, 0.6) is 5.75 Å². The van der Waals surface area contributed by atoms with Crippen LogP contribution in [0.15, 0.2) is 48.5 Å². The van der Waals surface area contributed by atoms with E-state index in [4.69, 9.17) is 21.9 Å². The predicted molar refractivity (Wildman–Crippen MR) is 112 cm³/mol. The van der Waals surface area contributed by atoms with Crippen LogP contribution in [0.2, 0.25) is 0 Å². The molecule has 6 heteroatoms. The summed E-state index contributed by atoms with van der Waals surface area (Å²) in [5.41, 5.74) is 2.05. The minimum Gasteiger partial charge on any atom is -0.497 e. The average molecular weight is 384 g/mol. The van der Waals surface area contributed by atoms with Gasteiger partial charge in [0.15, 0.2) is 5.11 Å². The lowest BCUT2D eigenvalue weighted by atomic mass is 9.99. The van der Waals surface area contributed by atoms with Gasteiger partial charge in [-0.15, -0.1) is 11.3 Å². The van der Waals surface area contributed by atoms with Crippen molar-refractivity contribution in [2.45, 2.75) is 18.8 Å². The molecule has 2 heterocycles. The molecule has 1 aliphatic rings. The number of ether oxygens (including phenoxy) is 1. The number of rotatable bonds is 3. The molecule has 0 saturated carbocycles. The molecule has 1 saturated heterocycles. The third-order valence-corrected chi connectivity index (χ3v) is 6.25. The Bertz CT molecular complexity index is 891. The third kappa shape index (κ3) is 3.66. The van der Waals surface area contributed by atoms with Crippen molar-refractivity contribution in [3.63, 3.8) is 0 Å². The maximum atomic E-state index is 5.66. The number of hydrogen-bond acceptors (Lipinski definition) is 4. The number of aromatic nitrogens is 1. The summed E-state index contributed by atoms with van der Waals surface area (Å²) >= 11 is 7.47. The molecular weight excluding hydrogens is 362 g/mol. The highest BCUT2D eigenvalue weighted by molar-refractivity contribution is 7.80. The second-order valence-corrected chi connectivity index (χ2v) is 7.92. The van der Waals surface area contributed by atoms with Gasteiger partial charge in [-0.05, 0) is 49.3 Å². The molecule has 4 rings (SSSR count). The van der Waals surface area contributed by atoms with E-state index in [2.05, 4.69) is 28.4 Å². The number of thiocarbonyl (C=S) groups is 1. The Morgan fingerprint density at radius 2 is 2.15 bits per heavy atom. The van der Waals surface area contributed by atoms with Gasteiger partial charge in [-0.25, -0.2) is 4.98 Å². The lowest BCUT2D eigenvalue weighted by molar-refractivity contribution is 0.312. The number of fused-ring (bicyclic) bond motifs is 1. The van der Waals surface area contributed by atoms with Crippen LogP contribution in [0.1, 0.15) is 23.8 Å². The van der Waals surface area contributed by atoms with Gasteiger partial charge in [0.2, 0.25) is 0 Å². The van der Waals surface area contributed by atoms with E-state index in [1.165, 1.54) is 9.71 Å². The molecule has 0 radical (unpaired) electrons. The summed E-state index contributed by atoms with van der Waals surface area (Å²) in [5.74, 6) is 1.26. The third-order valence-electron chi connectivity index (χ3n) is 4.69. The number of para-hydroxylation sites is 1. The van der Waals surface area contributed by atoms with Crippen molar-refractivity contribution in [2.75, 3.05) is 25.5 Å². The van der Waals surface area contributed by atoms with Crippen LogP contribution in [-0.2, 0) is 0 Å². The molecule has 0 amide bonds. The van der Waals surface area contributed by atoms with Gasteiger partial charge < -0.3 is 15.0 Å². The highest BCUT2D eigenvalue weighted by Gasteiger charge is 2.25. The summed E-state index contributed by atoms with van der Waals surface area (Å²) in [6, 6.07) is 16.2. The van der Waals surface area contributed by atoms with Crippen LogP contribution >= 0.6 is 23.6 Å². The van der Waals surface area contributed by atoms with Crippen molar-refractivity contribution in [2.24, 2.45) is 0 Å². The number of methoxy groups -OCH3 is 1. The fourth-order valence-corrected chi connectivity index (χ4v) is 4.71. The summed E-state index contributed by atoms with van der Waals surface area (Å²) in [4.78, 5) is 7.11. The molecule has 0 unspecified atom stereocenters. The molecule has 3 aromatic rings. The molecule has 0 aliphatic carbocycles. The summed E-state index contributed by atoms with van der Waals surface area (Å²) < 4.78 is 6.54. The van der Waals surface area contributed by atoms with E-state index in [0.29, 0.717) is 5.92 Å². The van der Waals surface area contributed by atoms with E-state index in [1.54, 1.807) is 7.11 Å². The number of anilines is 1. The molecule has 0 bridgehead atoms. The van der Waals surface area contributed by atoms with E-state index in [0.717, 1.165) is 48.0 Å². The molecule has 1 atom stereocenters. The monoisotopic (exact) mass is 383 g/mol. The lowest BCUT2D eigenvalue weighted by Gasteiger charge is -2.33. The highest BCUT2D eigenvalue weighted by Crippen LogP contribution is 2.33. The first kappa shape index (κ1) is 17.2. The number of likely N-dealkylation sites (tertiary alicyclic amines) is 1. The number of piperidine rings is 1. The summed E-state index contributed by atoms with van der Waals surface area (Å²) in [7, 11) is 1.67. The minimum absolute atomic E-state index is 0.436. The number of hydrogen-bond donors (Lipinski definition) is 1. The standard InChI is InChI=1S/C20H21N3OS2/c1-24-16-8-4-7-15(12-16)21-20(25)23-11-5-6-14(13-23)19-22-17-9-2-3-10-18(17)26-19/h2-4,7-10,12,14H,5-6,11,13H2,1H3,(H,21,25)/t14-/m1/s1. The van der Waals surface area contributed by atoms with Gasteiger partial charge in [0.05, 0.1) is 22.3 Å². The Kier molecular flexibility index (Phi) is 5.04. The topological polar surface area (TPSA) is 37.4 Å². The van der Waals surface area contributed by atoms with E-state index >= 15 is 0 Å². The maximum Gasteiger partial charge on any atom is 0.173 e. The number of thiazole rings is 1. The second kappa shape index (κ2) is 7.60. The molecule has 0 spiro atoms. The van der Waals surface area contributed by atoms with Crippen LogP contribution in [0.3, 0.4) is 0 Å². The lowest BCUT2D eigenvalue weighted by Crippen LogP contribution is -2.41. The summed E-state index contributed by atoms with van der Waals surface area (Å²) in [6.07, 6.45) is 2.29. The van der Waals surface area contributed by atoms with Crippen molar-refractivity contribution in [1.82, 2.24) is 9.88 Å². The predicted octanol–water partition coefficient (Wildman–Crippen LogP) is 4.88. The zero-order chi connectivity index (χ0) is 17.9. The van der Waals surface area contributed by atoms with Crippen molar-refractivity contribution >= 4 is 44.6 Å². The first-order valence-electron chi connectivity index (χ1n) is 8.78. The second-order valence-electron chi connectivity index (χ2n) is 6.47. The average Bonchev–Trinajstić information content (AvgIpc) is 3.12. The van der Waals surface area contributed by atoms with Crippen LogP contribution < -0.4 is 10.1 Å². The Hall–Kier alpha value is -2.18. The summed E-state index contributed by atoms with van der Waals surface area (Å²) in [6.45, 7) is 1.90. The summed E-state index contributed by atoms with van der Waals surface area (Å²) in [5, 5.41) is 5.34. The van der Waals surface area contributed by atoms with Crippen molar-refractivity contribution in [3.05, 3.63) is 53.5 Å². The van der Waals surface area contributed by atoms with Gasteiger partial charge in [0, 0.05) is 30.8 Å². The highest BCUT2D eigenvalue weighted by atomic mass is 32.1. The fraction of sp³-hybridized carbons (Fsp3) is 0.300. The molecule has 1 aromatic heterocycles. The van der Waals surface area contributed by atoms with Crippen molar-refractivity contribution in [1.29, 1.82) is 0 Å². The van der Waals surface area contributed by atoms with E-state index in [9.17, 15) is 0 Å². The Labute approximate surface area is 162 Å². The van der Waals surface area contributed by atoms with Gasteiger partial charge in [-0.1, -0.05) is 18.2 Å². The van der Waals surface area contributed by atoms with Crippen molar-refractivity contribution < 1.29 is 4.74 Å². The quantitative estimate of drug-likeness (QED) is 0.653. The number of nitrogens with zero attached hydrogens (tertiary/aromatic N) is 2. The molecule has 1 N–H and O–H groups in total. The van der Waals surface area contributed by atoms with E-state index in [-0.39, 0.29) is 0 Å². The molecule has 4 nitrogen and oxygen atoms in total. The SMILES string of the molecule is COc1cccc(NC(=S)N2CCC[C@@H](c3nc4ccccc4s3)C2)c1. The smallest absolute Gasteiger partial charge is 0.173 e. The van der Waals surface area contributed by atoms with Crippen LogP contribution in [0, 0.1) is 0 Å². The fourth-order valence-electron chi connectivity index (χ4n) is 3.33. The van der Waals surface area contributed by atoms with Crippen LogP contribution in [0.4, 0.5) is 5.69 Å². The normalized spacial score (nSPS) is 17.3. The number of benzene rings is 2. The van der Waals surface area contributed by atoms with Gasteiger partial charge in [0.1, 0.15) is 5.75 Å². The van der Waals surface area contributed by atoms with Gasteiger partial charge in [0.25, 0.3) is 0 Å². The first-order chi connectivity index (χ1) is 12.7. The van der Waals surface area contributed by atoms with E-state index < -0.39 is 0 Å².